The molecule has 0 unspecified atom stereocenters. The number of sulfonamides is 1. The minimum atomic E-state index is -4.69. The SMILES string of the molecule is Cc1ccc(S(=O)(=O)N[C@@H]2c3cc(C(=O)Nc4nnc(C(F)(F)F)s4)ccc3NC(C)(C)[C@H]2O)cc1. The minimum Gasteiger partial charge on any atom is -0.389 e. The molecule has 1 amide bonds. The Bertz CT molecular complexity index is 1410. The summed E-state index contributed by atoms with van der Waals surface area (Å²) < 4.78 is 67.1. The Morgan fingerprint density at radius 1 is 1.14 bits per heavy atom. The smallest absolute Gasteiger partial charge is 0.389 e. The highest BCUT2D eigenvalue weighted by atomic mass is 32.2. The maximum Gasteiger partial charge on any atom is 0.445 e. The molecular formula is C22H22F3N5O4S2. The Balaban J connectivity index is 1.66. The van der Waals surface area contributed by atoms with Crippen LogP contribution in [0, 0.1) is 6.92 Å². The van der Waals surface area contributed by atoms with E-state index in [1.165, 1.54) is 30.3 Å². The summed E-state index contributed by atoms with van der Waals surface area (Å²) in [6, 6.07) is 9.37. The molecule has 9 nitrogen and oxygen atoms in total. The third-order valence-electron chi connectivity index (χ3n) is 5.66. The number of rotatable bonds is 5. The molecule has 14 heteroatoms. The van der Waals surface area contributed by atoms with Crippen LogP contribution in [-0.4, -0.2) is 41.3 Å². The summed E-state index contributed by atoms with van der Waals surface area (Å²) in [6.07, 6.45) is -5.93. The van der Waals surface area contributed by atoms with Gasteiger partial charge in [-0.05, 0) is 56.7 Å². The maximum absolute atomic E-state index is 13.1. The van der Waals surface area contributed by atoms with Gasteiger partial charge in [-0.25, -0.2) is 13.1 Å². The fraction of sp³-hybridized carbons (Fsp3) is 0.318. The van der Waals surface area contributed by atoms with Crippen molar-refractivity contribution < 1.29 is 31.5 Å². The van der Waals surface area contributed by atoms with E-state index in [-0.39, 0.29) is 26.9 Å². The van der Waals surface area contributed by atoms with Crippen LogP contribution >= 0.6 is 11.3 Å². The van der Waals surface area contributed by atoms with E-state index in [0.717, 1.165) is 5.56 Å². The lowest BCUT2D eigenvalue weighted by Crippen LogP contribution is -2.54. The van der Waals surface area contributed by atoms with Crippen LogP contribution in [0.2, 0.25) is 0 Å². The summed E-state index contributed by atoms with van der Waals surface area (Å²) in [5.41, 5.74) is 0.728. The van der Waals surface area contributed by atoms with Crippen LogP contribution in [0.5, 0.6) is 0 Å². The van der Waals surface area contributed by atoms with Gasteiger partial charge in [0, 0.05) is 11.3 Å². The third-order valence-corrected chi connectivity index (χ3v) is 8.00. The topological polar surface area (TPSA) is 133 Å². The van der Waals surface area contributed by atoms with Gasteiger partial charge in [0.25, 0.3) is 5.91 Å². The number of hydrogen-bond acceptors (Lipinski definition) is 8. The van der Waals surface area contributed by atoms with E-state index in [4.69, 9.17) is 0 Å². The first-order valence-electron chi connectivity index (χ1n) is 10.6. The highest BCUT2D eigenvalue weighted by molar-refractivity contribution is 7.89. The van der Waals surface area contributed by atoms with Crippen molar-refractivity contribution in [2.75, 3.05) is 10.6 Å². The van der Waals surface area contributed by atoms with Gasteiger partial charge in [0.05, 0.1) is 22.6 Å². The van der Waals surface area contributed by atoms with E-state index >= 15 is 0 Å². The standard InChI is InChI=1S/C22H22F3N5O4S2/c1-11-4-7-13(8-5-11)36(33,34)30-16-14-10-12(6-9-15(14)27-21(2,3)17(16)31)18(32)26-20-29-28-19(35-20)22(23,24)25/h4-10,16-17,27,30-31H,1-3H3,(H,26,29,32)/t16-,17+/m1/s1. The number of alkyl halides is 3. The van der Waals surface area contributed by atoms with Crippen molar-refractivity contribution in [2.45, 2.75) is 49.5 Å². The molecule has 1 aliphatic rings. The van der Waals surface area contributed by atoms with Crippen LogP contribution in [0.4, 0.5) is 24.0 Å². The Kier molecular flexibility index (Phi) is 6.58. The highest BCUT2D eigenvalue weighted by Gasteiger charge is 2.43. The molecule has 4 rings (SSSR count). The molecule has 3 aromatic rings. The Labute approximate surface area is 208 Å². The Morgan fingerprint density at radius 2 is 1.81 bits per heavy atom. The zero-order chi connectivity index (χ0) is 26.5. The molecule has 0 bridgehead atoms. The Hall–Kier alpha value is -3.07. The largest absolute Gasteiger partial charge is 0.445 e. The second-order valence-electron chi connectivity index (χ2n) is 8.87. The number of nitrogens with one attached hydrogen (secondary N) is 3. The summed E-state index contributed by atoms with van der Waals surface area (Å²) in [5.74, 6) is -0.776. The van der Waals surface area contributed by atoms with E-state index in [1.54, 1.807) is 26.0 Å². The van der Waals surface area contributed by atoms with Crippen LogP contribution in [0.25, 0.3) is 0 Å². The van der Waals surface area contributed by atoms with E-state index in [9.17, 15) is 31.5 Å². The molecule has 2 heterocycles. The molecule has 0 fully saturated rings. The average molecular weight is 542 g/mol. The number of halogens is 3. The second-order valence-corrected chi connectivity index (χ2v) is 11.6. The molecule has 1 aromatic heterocycles. The molecule has 192 valence electrons. The number of aromatic nitrogens is 2. The lowest BCUT2D eigenvalue weighted by Gasteiger charge is -2.43. The van der Waals surface area contributed by atoms with Crippen LogP contribution in [-0.2, 0) is 16.2 Å². The number of aliphatic hydroxyl groups excluding tert-OH is 1. The second kappa shape index (κ2) is 9.10. The first-order chi connectivity index (χ1) is 16.7. The normalized spacial score (nSPS) is 19.3. The van der Waals surface area contributed by atoms with E-state index < -0.39 is 44.8 Å². The number of benzene rings is 2. The van der Waals surface area contributed by atoms with Crippen LogP contribution in [0.3, 0.4) is 0 Å². The number of carbonyl (C=O) groups is 1. The molecule has 0 aliphatic carbocycles. The van der Waals surface area contributed by atoms with Gasteiger partial charge in [-0.1, -0.05) is 29.0 Å². The molecule has 2 aromatic carbocycles. The van der Waals surface area contributed by atoms with E-state index in [2.05, 4.69) is 25.6 Å². The van der Waals surface area contributed by atoms with Crippen molar-refractivity contribution in [2.24, 2.45) is 0 Å². The first kappa shape index (κ1) is 26.0. The molecule has 0 spiro atoms. The molecule has 0 radical (unpaired) electrons. The van der Waals surface area contributed by atoms with Crippen molar-refractivity contribution in [3.8, 4) is 0 Å². The van der Waals surface area contributed by atoms with Crippen LogP contribution < -0.4 is 15.4 Å². The summed E-state index contributed by atoms with van der Waals surface area (Å²) in [5, 5.41) is 21.2. The zero-order valence-corrected chi connectivity index (χ0v) is 20.8. The quantitative estimate of drug-likeness (QED) is 0.387. The molecular weight excluding hydrogens is 519 g/mol. The number of aryl methyl sites for hydroxylation is 1. The number of nitrogens with zero attached hydrogens (tertiary/aromatic N) is 2. The monoisotopic (exact) mass is 541 g/mol. The molecule has 36 heavy (non-hydrogen) atoms. The number of amides is 1. The maximum atomic E-state index is 13.1. The fourth-order valence-electron chi connectivity index (χ4n) is 3.72. The number of hydrogen-bond donors (Lipinski definition) is 4. The van der Waals surface area contributed by atoms with Gasteiger partial charge in [0.2, 0.25) is 20.2 Å². The summed E-state index contributed by atoms with van der Waals surface area (Å²) in [6.45, 7) is 5.21. The van der Waals surface area contributed by atoms with Crippen molar-refractivity contribution in [1.82, 2.24) is 14.9 Å². The van der Waals surface area contributed by atoms with Crippen LogP contribution in [0.1, 0.15) is 46.4 Å². The zero-order valence-electron chi connectivity index (χ0n) is 19.2. The van der Waals surface area contributed by atoms with E-state index in [1.807, 2.05) is 6.92 Å². The fourth-order valence-corrected chi connectivity index (χ4v) is 5.55. The van der Waals surface area contributed by atoms with E-state index in [0.29, 0.717) is 11.3 Å². The highest BCUT2D eigenvalue weighted by Crippen LogP contribution is 2.39. The molecule has 2 atom stereocenters. The number of aliphatic hydroxyl groups is 1. The van der Waals surface area contributed by atoms with Crippen molar-refractivity contribution >= 4 is 38.1 Å². The van der Waals surface area contributed by atoms with Crippen molar-refractivity contribution in [3.05, 3.63) is 64.2 Å². The predicted octanol–water partition coefficient (Wildman–Crippen LogP) is 3.70. The van der Waals surface area contributed by atoms with Crippen molar-refractivity contribution in [3.63, 3.8) is 0 Å². The number of anilines is 2. The summed E-state index contributed by atoms with van der Waals surface area (Å²) in [7, 11) is -4.06. The molecule has 0 saturated carbocycles. The van der Waals surface area contributed by atoms with Gasteiger partial charge >= 0.3 is 6.18 Å². The molecule has 4 N–H and O–H groups in total. The third kappa shape index (κ3) is 5.21. The average Bonchev–Trinajstić information content (AvgIpc) is 3.26. The Morgan fingerprint density at radius 3 is 2.42 bits per heavy atom. The molecule has 1 aliphatic heterocycles. The number of fused-ring (bicyclic) bond motifs is 1. The molecule has 0 saturated heterocycles. The van der Waals surface area contributed by atoms with Gasteiger partial charge < -0.3 is 10.4 Å². The van der Waals surface area contributed by atoms with Crippen LogP contribution in [0.15, 0.2) is 47.4 Å². The summed E-state index contributed by atoms with van der Waals surface area (Å²) >= 11 is 0.176. The lowest BCUT2D eigenvalue weighted by atomic mass is 9.82. The minimum absolute atomic E-state index is 0.00354. The lowest BCUT2D eigenvalue weighted by molar-refractivity contribution is -0.138. The van der Waals surface area contributed by atoms with Crippen molar-refractivity contribution in [1.29, 1.82) is 0 Å². The summed E-state index contributed by atoms with van der Waals surface area (Å²) in [4.78, 5) is 12.7. The number of carbonyl (C=O) groups excluding carboxylic acids is 1. The first-order valence-corrected chi connectivity index (χ1v) is 12.9. The van der Waals surface area contributed by atoms with Gasteiger partial charge in [0.1, 0.15) is 0 Å². The predicted molar refractivity (Wildman–Crippen MR) is 127 cm³/mol. The van der Waals surface area contributed by atoms with Gasteiger partial charge in [0.15, 0.2) is 0 Å². The van der Waals surface area contributed by atoms with Gasteiger partial charge in [-0.15, -0.1) is 10.2 Å². The van der Waals surface area contributed by atoms with Gasteiger partial charge in [-0.2, -0.15) is 13.2 Å². The van der Waals surface area contributed by atoms with Gasteiger partial charge in [-0.3, -0.25) is 10.1 Å².